The van der Waals surface area contributed by atoms with Crippen molar-refractivity contribution in [3.8, 4) is 5.75 Å². The fourth-order valence-electron chi connectivity index (χ4n) is 3.98. The number of carbonyl (C=O) groups excluding carboxylic acids is 2. The monoisotopic (exact) mass is 619 g/mol. The molecule has 0 aliphatic rings. The number of hydrogen-bond acceptors (Lipinski definition) is 5. The first-order valence-electron chi connectivity index (χ1n) is 13.3. The largest absolute Gasteiger partial charge is 0.494 e. The molecule has 2 amide bonds. The fourth-order valence-corrected chi connectivity index (χ4v) is 5.72. The molecule has 0 saturated carbocycles. The maximum absolute atomic E-state index is 14.0. The SMILES string of the molecule is CCOc1ccc(N(CC(=O)N(Cc2ccccc2Cl)[C@@H](C)C(=O)NCC(C)C)S(=O)(=O)c2ccc(Cl)cc2)cc1. The van der Waals surface area contributed by atoms with Gasteiger partial charge in [-0.05, 0) is 79.9 Å². The van der Waals surface area contributed by atoms with E-state index >= 15 is 0 Å². The second kappa shape index (κ2) is 14.6. The number of nitrogens with zero attached hydrogens (tertiary/aromatic N) is 2. The number of carbonyl (C=O) groups is 2. The number of amides is 2. The van der Waals surface area contributed by atoms with Gasteiger partial charge in [-0.25, -0.2) is 8.42 Å². The smallest absolute Gasteiger partial charge is 0.264 e. The Kier molecular flexibility index (Phi) is 11.5. The number of halogens is 2. The van der Waals surface area contributed by atoms with E-state index in [0.717, 1.165) is 4.31 Å². The molecule has 0 aliphatic carbocycles. The van der Waals surface area contributed by atoms with E-state index in [1.807, 2.05) is 20.8 Å². The molecule has 41 heavy (non-hydrogen) atoms. The standard InChI is InChI=1S/C30H35Cl2N3O5S/c1-5-40-26-14-12-25(13-15-26)35(41(38,39)27-16-10-24(31)11-17-27)20-29(36)34(19-23-8-6-7-9-28(23)32)22(4)30(37)33-18-21(2)3/h6-17,21-22H,5,18-20H2,1-4H3,(H,33,37)/t22-/m0/s1. The molecular weight excluding hydrogens is 585 g/mol. The van der Waals surface area contributed by atoms with E-state index in [0.29, 0.717) is 34.5 Å². The molecule has 0 radical (unpaired) electrons. The van der Waals surface area contributed by atoms with Gasteiger partial charge in [-0.2, -0.15) is 0 Å². The summed E-state index contributed by atoms with van der Waals surface area (Å²) in [5.41, 5.74) is 0.880. The molecule has 0 saturated heterocycles. The number of ether oxygens (including phenoxy) is 1. The van der Waals surface area contributed by atoms with Crippen molar-refractivity contribution >= 4 is 50.7 Å². The Morgan fingerprint density at radius 3 is 2.15 bits per heavy atom. The lowest BCUT2D eigenvalue weighted by Gasteiger charge is -2.32. The van der Waals surface area contributed by atoms with Crippen LogP contribution in [0.25, 0.3) is 0 Å². The first kappa shape index (κ1) is 32.2. The van der Waals surface area contributed by atoms with Crippen LogP contribution in [0.4, 0.5) is 5.69 Å². The number of anilines is 1. The molecular formula is C30H35Cl2N3O5S. The Balaban J connectivity index is 2.03. The molecule has 3 aromatic rings. The van der Waals surface area contributed by atoms with E-state index in [2.05, 4.69) is 5.32 Å². The summed E-state index contributed by atoms with van der Waals surface area (Å²) in [6, 6.07) is 18.2. The van der Waals surface area contributed by atoms with E-state index in [1.54, 1.807) is 55.5 Å². The highest BCUT2D eigenvalue weighted by Gasteiger charge is 2.33. The summed E-state index contributed by atoms with van der Waals surface area (Å²) in [7, 11) is -4.21. The molecule has 1 N–H and O–H groups in total. The zero-order valence-electron chi connectivity index (χ0n) is 23.5. The summed E-state index contributed by atoms with van der Waals surface area (Å²) >= 11 is 12.4. The lowest BCUT2D eigenvalue weighted by atomic mass is 10.1. The Morgan fingerprint density at radius 2 is 1.56 bits per heavy atom. The van der Waals surface area contributed by atoms with Crippen molar-refractivity contribution in [2.24, 2.45) is 5.92 Å². The van der Waals surface area contributed by atoms with Gasteiger partial charge in [0.05, 0.1) is 17.2 Å². The molecule has 11 heteroatoms. The van der Waals surface area contributed by atoms with Crippen molar-refractivity contribution in [3.05, 3.63) is 88.4 Å². The summed E-state index contributed by atoms with van der Waals surface area (Å²) in [5.74, 6) is -0.170. The van der Waals surface area contributed by atoms with E-state index < -0.39 is 28.5 Å². The van der Waals surface area contributed by atoms with Crippen molar-refractivity contribution in [3.63, 3.8) is 0 Å². The van der Waals surface area contributed by atoms with E-state index in [4.69, 9.17) is 27.9 Å². The molecule has 0 aliphatic heterocycles. The number of rotatable bonds is 13. The molecule has 3 rings (SSSR count). The minimum atomic E-state index is -4.21. The van der Waals surface area contributed by atoms with Gasteiger partial charge < -0.3 is 15.0 Å². The van der Waals surface area contributed by atoms with Gasteiger partial charge in [-0.15, -0.1) is 0 Å². The topological polar surface area (TPSA) is 96.0 Å². The third kappa shape index (κ3) is 8.61. The molecule has 0 heterocycles. The average molecular weight is 621 g/mol. The number of hydrogen-bond donors (Lipinski definition) is 1. The van der Waals surface area contributed by atoms with Crippen LogP contribution in [0, 0.1) is 5.92 Å². The second-order valence-electron chi connectivity index (χ2n) is 9.82. The van der Waals surface area contributed by atoms with E-state index in [1.165, 1.54) is 29.2 Å². The average Bonchev–Trinajstić information content (AvgIpc) is 2.94. The van der Waals surface area contributed by atoms with Gasteiger partial charge in [0.25, 0.3) is 10.0 Å². The van der Waals surface area contributed by atoms with Gasteiger partial charge in [0.1, 0.15) is 18.3 Å². The zero-order chi connectivity index (χ0) is 30.2. The van der Waals surface area contributed by atoms with Crippen LogP contribution in [0.5, 0.6) is 5.75 Å². The van der Waals surface area contributed by atoms with Crippen LogP contribution in [0.1, 0.15) is 33.3 Å². The highest BCUT2D eigenvalue weighted by Crippen LogP contribution is 2.28. The van der Waals surface area contributed by atoms with Gasteiger partial charge in [0.2, 0.25) is 11.8 Å². The van der Waals surface area contributed by atoms with E-state index in [9.17, 15) is 18.0 Å². The van der Waals surface area contributed by atoms with Crippen LogP contribution in [0.15, 0.2) is 77.7 Å². The lowest BCUT2D eigenvalue weighted by Crippen LogP contribution is -2.51. The van der Waals surface area contributed by atoms with Crippen molar-refractivity contribution in [2.75, 3.05) is 24.0 Å². The quantitative estimate of drug-likeness (QED) is 0.262. The fraction of sp³-hybridized carbons (Fsp3) is 0.333. The Bertz CT molecular complexity index is 1430. The third-order valence-electron chi connectivity index (χ3n) is 6.27. The maximum Gasteiger partial charge on any atom is 0.264 e. The normalized spacial score (nSPS) is 12.1. The lowest BCUT2D eigenvalue weighted by molar-refractivity contribution is -0.139. The molecule has 3 aromatic carbocycles. The first-order valence-corrected chi connectivity index (χ1v) is 15.4. The Morgan fingerprint density at radius 1 is 0.927 bits per heavy atom. The number of benzene rings is 3. The van der Waals surface area contributed by atoms with Crippen LogP contribution in [-0.2, 0) is 26.2 Å². The van der Waals surface area contributed by atoms with Crippen molar-refractivity contribution in [1.82, 2.24) is 10.2 Å². The Hall–Kier alpha value is -3.27. The van der Waals surface area contributed by atoms with Crippen LogP contribution < -0.4 is 14.4 Å². The van der Waals surface area contributed by atoms with Crippen LogP contribution in [-0.4, -0.2) is 50.9 Å². The molecule has 0 spiro atoms. The summed E-state index contributed by atoms with van der Waals surface area (Å²) in [6.45, 7) is 7.70. The van der Waals surface area contributed by atoms with Crippen molar-refractivity contribution in [1.29, 1.82) is 0 Å². The minimum Gasteiger partial charge on any atom is -0.494 e. The van der Waals surface area contributed by atoms with Gasteiger partial charge in [-0.1, -0.05) is 55.2 Å². The first-order chi connectivity index (χ1) is 19.4. The molecule has 220 valence electrons. The highest BCUT2D eigenvalue weighted by molar-refractivity contribution is 7.92. The van der Waals surface area contributed by atoms with Crippen LogP contribution in [0.3, 0.4) is 0 Å². The second-order valence-corrected chi connectivity index (χ2v) is 12.5. The zero-order valence-corrected chi connectivity index (χ0v) is 25.8. The van der Waals surface area contributed by atoms with Gasteiger partial charge in [0, 0.05) is 23.1 Å². The van der Waals surface area contributed by atoms with Crippen molar-refractivity contribution < 1.29 is 22.7 Å². The van der Waals surface area contributed by atoms with Crippen LogP contribution >= 0.6 is 23.2 Å². The summed E-state index contributed by atoms with van der Waals surface area (Å²) in [4.78, 5) is 28.4. The predicted molar refractivity (Wildman–Crippen MR) is 163 cm³/mol. The molecule has 0 fully saturated rings. The van der Waals surface area contributed by atoms with Crippen molar-refractivity contribution in [2.45, 2.75) is 45.2 Å². The number of sulfonamides is 1. The molecule has 0 unspecified atom stereocenters. The highest BCUT2D eigenvalue weighted by atomic mass is 35.5. The Labute approximate surface area is 252 Å². The molecule has 1 atom stereocenters. The maximum atomic E-state index is 14.0. The van der Waals surface area contributed by atoms with Crippen LogP contribution in [0.2, 0.25) is 10.0 Å². The third-order valence-corrected chi connectivity index (χ3v) is 8.68. The summed E-state index contributed by atoms with van der Waals surface area (Å²) in [6.07, 6.45) is 0. The summed E-state index contributed by atoms with van der Waals surface area (Å²) < 4.78 is 34.3. The van der Waals surface area contributed by atoms with Gasteiger partial charge >= 0.3 is 0 Å². The molecule has 8 nitrogen and oxygen atoms in total. The molecule has 0 aromatic heterocycles. The summed E-state index contributed by atoms with van der Waals surface area (Å²) in [5, 5.41) is 3.66. The molecule has 0 bridgehead atoms. The van der Waals surface area contributed by atoms with E-state index in [-0.39, 0.29) is 29.0 Å². The van der Waals surface area contributed by atoms with Gasteiger partial charge in [-0.3, -0.25) is 13.9 Å². The predicted octanol–water partition coefficient (Wildman–Crippen LogP) is 5.78. The van der Waals surface area contributed by atoms with Gasteiger partial charge in [0.15, 0.2) is 0 Å². The minimum absolute atomic E-state index is 0.00683. The number of nitrogens with one attached hydrogen (secondary N) is 1.